The Morgan fingerprint density at radius 1 is 1.14 bits per heavy atom. The monoisotopic (exact) mass is 332 g/mol. The van der Waals surface area contributed by atoms with Crippen LogP contribution in [0.25, 0.3) is 0 Å². The Morgan fingerprint density at radius 2 is 1.81 bits per heavy atom. The van der Waals surface area contributed by atoms with Gasteiger partial charge in [-0.15, -0.1) is 0 Å². The summed E-state index contributed by atoms with van der Waals surface area (Å²) in [5.41, 5.74) is 5.73. The third kappa shape index (κ3) is 3.25. The van der Waals surface area contributed by atoms with E-state index in [0.29, 0.717) is 11.1 Å². The number of nitrogens with two attached hydrogens (primary N) is 1. The van der Waals surface area contributed by atoms with Gasteiger partial charge in [-0.1, -0.05) is 17.7 Å². The highest BCUT2D eigenvalue weighted by Gasteiger charge is 2.21. The molecule has 0 spiro atoms. The molecule has 0 amide bonds. The van der Waals surface area contributed by atoms with Crippen LogP contribution in [0.4, 0.5) is 20.2 Å². The summed E-state index contributed by atoms with van der Waals surface area (Å²) in [6.07, 6.45) is 0. The first-order chi connectivity index (χ1) is 9.70. The summed E-state index contributed by atoms with van der Waals surface area (Å²) in [7, 11) is -4.24. The summed E-state index contributed by atoms with van der Waals surface area (Å²) >= 11 is 5.89. The van der Waals surface area contributed by atoms with Gasteiger partial charge in [0.05, 0.1) is 11.4 Å². The summed E-state index contributed by atoms with van der Waals surface area (Å²) < 4.78 is 53.1. The van der Waals surface area contributed by atoms with Crippen LogP contribution in [0, 0.1) is 18.6 Å². The zero-order chi connectivity index (χ0) is 15.8. The maximum absolute atomic E-state index is 13.6. The smallest absolute Gasteiger partial charge is 0.264 e. The van der Waals surface area contributed by atoms with E-state index in [1.165, 1.54) is 12.1 Å². The first-order valence-electron chi connectivity index (χ1n) is 5.74. The van der Waals surface area contributed by atoms with Crippen molar-refractivity contribution in [3.05, 3.63) is 52.6 Å². The van der Waals surface area contributed by atoms with Crippen LogP contribution in [-0.2, 0) is 10.0 Å². The van der Waals surface area contributed by atoms with Gasteiger partial charge in [0.25, 0.3) is 10.0 Å². The molecule has 112 valence electrons. The lowest BCUT2D eigenvalue weighted by Gasteiger charge is -2.11. The molecule has 0 atom stereocenters. The summed E-state index contributed by atoms with van der Waals surface area (Å²) in [4.78, 5) is -0.738. The second kappa shape index (κ2) is 5.50. The van der Waals surface area contributed by atoms with E-state index >= 15 is 0 Å². The minimum Gasteiger partial charge on any atom is -0.396 e. The minimum atomic E-state index is -4.24. The van der Waals surface area contributed by atoms with Crippen molar-refractivity contribution in [3.8, 4) is 0 Å². The van der Waals surface area contributed by atoms with E-state index in [9.17, 15) is 17.2 Å². The van der Waals surface area contributed by atoms with Crippen molar-refractivity contribution < 1.29 is 17.2 Å². The molecule has 2 aromatic carbocycles. The highest BCUT2D eigenvalue weighted by molar-refractivity contribution is 7.92. The maximum atomic E-state index is 13.6. The summed E-state index contributed by atoms with van der Waals surface area (Å²) in [6.45, 7) is 1.75. The Balaban J connectivity index is 2.43. The van der Waals surface area contributed by atoms with Crippen LogP contribution in [0.2, 0.25) is 5.02 Å². The molecular weight excluding hydrogens is 322 g/mol. The number of hydrogen-bond acceptors (Lipinski definition) is 3. The van der Waals surface area contributed by atoms with E-state index in [1.807, 2.05) is 0 Å². The molecule has 0 aliphatic carbocycles. The molecule has 21 heavy (non-hydrogen) atoms. The number of rotatable bonds is 3. The van der Waals surface area contributed by atoms with Crippen LogP contribution >= 0.6 is 11.6 Å². The fraction of sp³-hybridized carbons (Fsp3) is 0.0769. The summed E-state index contributed by atoms with van der Waals surface area (Å²) in [5, 5.41) is 0.356. The van der Waals surface area contributed by atoms with Gasteiger partial charge in [0.1, 0.15) is 16.5 Å². The standard InChI is InChI=1S/C13H11ClF2N2O2S/c1-7-2-3-8(4-9(7)14)18-21(19,20)13-6-12(17)10(15)5-11(13)16/h2-6,18H,17H2,1H3. The van der Waals surface area contributed by atoms with Gasteiger partial charge < -0.3 is 5.73 Å². The molecule has 0 fully saturated rings. The number of halogens is 3. The van der Waals surface area contributed by atoms with Crippen LogP contribution in [-0.4, -0.2) is 8.42 Å². The number of hydrogen-bond donors (Lipinski definition) is 2. The molecule has 0 aromatic heterocycles. The zero-order valence-corrected chi connectivity index (χ0v) is 12.4. The van der Waals surface area contributed by atoms with Gasteiger partial charge in [0, 0.05) is 11.1 Å². The molecule has 0 saturated carbocycles. The molecule has 0 aliphatic rings. The molecule has 8 heteroatoms. The largest absolute Gasteiger partial charge is 0.396 e. The third-order valence-electron chi connectivity index (χ3n) is 2.76. The first kappa shape index (κ1) is 15.5. The fourth-order valence-electron chi connectivity index (χ4n) is 1.62. The SMILES string of the molecule is Cc1ccc(NS(=O)(=O)c2cc(N)c(F)cc2F)cc1Cl. The van der Waals surface area contributed by atoms with Gasteiger partial charge in [-0.25, -0.2) is 17.2 Å². The van der Waals surface area contributed by atoms with E-state index < -0.39 is 32.2 Å². The van der Waals surface area contributed by atoms with Crippen molar-refractivity contribution in [2.24, 2.45) is 0 Å². The normalized spacial score (nSPS) is 11.4. The Labute approximate surface area is 125 Å². The molecular formula is C13H11ClF2N2O2S. The van der Waals surface area contributed by atoms with Gasteiger partial charge in [0.15, 0.2) is 0 Å². The minimum absolute atomic E-state index is 0.160. The predicted octanol–water partition coefficient (Wildman–Crippen LogP) is 3.31. The topological polar surface area (TPSA) is 72.2 Å². The molecule has 0 bridgehead atoms. The predicted molar refractivity (Wildman–Crippen MR) is 77.8 cm³/mol. The van der Waals surface area contributed by atoms with E-state index in [-0.39, 0.29) is 5.69 Å². The van der Waals surface area contributed by atoms with Crippen LogP contribution in [0.3, 0.4) is 0 Å². The van der Waals surface area contributed by atoms with Crippen molar-refractivity contribution in [2.45, 2.75) is 11.8 Å². The van der Waals surface area contributed by atoms with E-state index in [4.69, 9.17) is 17.3 Å². The van der Waals surface area contributed by atoms with Crippen LogP contribution < -0.4 is 10.5 Å². The van der Waals surface area contributed by atoms with E-state index in [0.717, 1.165) is 11.6 Å². The Hall–Kier alpha value is -1.86. The quantitative estimate of drug-likeness (QED) is 0.847. The second-order valence-corrected chi connectivity index (χ2v) is 6.43. The highest BCUT2D eigenvalue weighted by Crippen LogP contribution is 2.25. The molecule has 2 aromatic rings. The number of nitrogen functional groups attached to an aromatic ring is 1. The number of anilines is 2. The fourth-order valence-corrected chi connectivity index (χ4v) is 2.94. The highest BCUT2D eigenvalue weighted by atomic mass is 35.5. The summed E-state index contributed by atoms with van der Waals surface area (Å²) in [6, 6.07) is 5.62. The lowest BCUT2D eigenvalue weighted by Crippen LogP contribution is -2.15. The lowest BCUT2D eigenvalue weighted by molar-refractivity contribution is 0.553. The molecule has 0 radical (unpaired) electrons. The van der Waals surface area contributed by atoms with Crippen LogP contribution in [0.15, 0.2) is 35.2 Å². The van der Waals surface area contributed by atoms with Gasteiger partial charge in [-0.3, -0.25) is 4.72 Å². The molecule has 3 N–H and O–H groups in total. The molecule has 0 unspecified atom stereocenters. The average molecular weight is 333 g/mol. The van der Waals surface area contributed by atoms with Crippen molar-refractivity contribution in [1.29, 1.82) is 0 Å². The first-order valence-corrected chi connectivity index (χ1v) is 7.60. The number of benzene rings is 2. The number of sulfonamides is 1. The van der Waals surface area contributed by atoms with Crippen molar-refractivity contribution in [1.82, 2.24) is 0 Å². The van der Waals surface area contributed by atoms with Crippen LogP contribution in [0.1, 0.15) is 5.56 Å². The van der Waals surface area contributed by atoms with Gasteiger partial charge in [-0.2, -0.15) is 0 Å². The van der Waals surface area contributed by atoms with Crippen molar-refractivity contribution >= 4 is 33.0 Å². The Bertz CT molecular complexity index is 810. The van der Waals surface area contributed by atoms with Gasteiger partial charge in [-0.05, 0) is 30.7 Å². The van der Waals surface area contributed by atoms with Gasteiger partial charge in [0.2, 0.25) is 0 Å². The number of nitrogens with one attached hydrogen (secondary N) is 1. The molecule has 0 aliphatic heterocycles. The molecule has 0 saturated heterocycles. The molecule has 0 heterocycles. The third-order valence-corrected chi connectivity index (χ3v) is 4.57. The maximum Gasteiger partial charge on any atom is 0.264 e. The van der Waals surface area contributed by atoms with E-state index in [2.05, 4.69) is 4.72 Å². The summed E-state index contributed by atoms with van der Waals surface area (Å²) in [5.74, 6) is -2.25. The van der Waals surface area contributed by atoms with Crippen LogP contribution in [0.5, 0.6) is 0 Å². The average Bonchev–Trinajstić information content (AvgIpc) is 2.37. The van der Waals surface area contributed by atoms with Gasteiger partial charge >= 0.3 is 0 Å². The Kier molecular flexibility index (Phi) is 4.06. The molecule has 2 rings (SSSR count). The molecule has 4 nitrogen and oxygen atoms in total. The Morgan fingerprint density at radius 3 is 2.43 bits per heavy atom. The van der Waals surface area contributed by atoms with E-state index in [1.54, 1.807) is 13.0 Å². The second-order valence-electron chi connectivity index (χ2n) is 4.37. The van der Waals surface area contributed by atoms with Crippen molar-refractivity contribution in [3.63, 3.8) is 0 Å². The zero-order valence-electron chi connectivity index (χ0n) is 10.8. The lowest BCUT2D eigenvalue weighted by atomic mass is 10.2. The number of aryl methyl sites for hydroxylation is 1. The van der Waals surface area contributed by atoms with Crippen molar-refractivity contribution in [2.75, 3.05) is 10.5 Å².